The second kappa shape index (κ2) is 10.3. The predicted molar refractivity (Wildman–Crippen MR) is 120 cm³/mol. The van der Waals surface area contributed by atoms with E-state index in [1.54, 1.807) is 18.2 Å². The second-order valence-electron chi connectivity index (χ2n) is 8.97. The van der Waals surface area contributed by atoms with Crippen molar-refractivity contribution in [2.24, 2.45) is 17.8 Å². The third-order valence-corrected chi connectivity index (χ3v) is 6.05. The van der Waals surface area contributed by atoms with Gasteiger partial charge in [0.1, 0.15) is 11.9 Å². The Bertz CT molecular complexity index is 977. The SMILES string of the molecule is CC1CCC(C(C)C)C(Oc2ccc(NC(=O)NC(=O)c3ccccc3)cc2C(F)(F)F)C1. The van der Waals surface area contributed by atoms with Crippen molar-refractivity contribution in [1.82, 2.24) is 5.32 Å². The van der Waals surface area contributed by atoms with E-state index in [2.05, 4.69) is 31.4 Å². The van der Waals surface area contributed by atoms with Crippen LogP contribution in [-0.4, -0.2) is 18.0 Å². The molecule has 8 heteroatoms. The summed E-state index contributed by atoms with van der Waals surface area (Å²) >= 11 is 0. The van der Waals surface area contributed by atoms with Crippen molar-refractivity contribution < 1.29 is 27.5 Å². The highest BCUT2D eigenvalue weighted by molar-refractivity contribution is 6.07. The quantitative estimate of drug-likeness (QED) is 0.533. The Kier molecular flexibility index (Phi) is 7.66. The van der Waals surface area contributed by atoms with Crippen molar-refractivity contribution in [2.75, 3.05) is 5.32 Å². The van der Waals surface area contributed by atoms with Crippen molar-refractivity contribution in [3.05, 3.63) is 59.7 Å². The number of hydrogen-bond donors (Lipinski definition) is 2. The van der Waals surface area contributed by atoms with Crippen LogP contribution in [0.5, 0.6) is 5.75 Å². The number of hydrogen-bond acceptors (Lipinski definition) is 3. The van der Waals surface area contributed by atoms with Crippen LogP contribution in [0.4, 0.5) is 23.7 Å². The second-order valence-corrected chi connectivity index (χ2v) is 8.97. The molecule has 33 heavy (non-hydrogen) atoms. The summed E-state index contributed by atoms with van der Waals surface area (Å²) in [5, 5.41) is 4.40. The number of urea groups is 1. The molecule has 178 valence electrons. The fourth-order valence-corrected chi connectivity index (χ4v) is 4.27. The van der Waals surface area contributed by atoms with E-state index in [-0.39, 0.29) is 29.0 Å². The zero-order valence-electron chi connectivity index (χ0n) is 18.9. The predicted octanol–water partition coefficient (Wildman–Crippen LogP) is 6.51. The van der Waals surface area contributed by atoms with Gasteiger partial charge in [-0.3, -0.25) is 10.1 Å². The van der Waals surface area contributed by atoms with Crippen molar-refractivity contribution in [1.29, 1.82) is 0 Å². The van der Waals surface area contributed by atoms with E-state index in [4.69, 9.17) is 4.74 Å². The first kappa shape index (κ1) is 24.6. The summed E-state index contributed by atoms with van der Waals surface area (Å²) in [6.07, 6.45) is -2.32. The first-order valence-corrected chi connectivity index (χ1v) is 11.1. The maximum atomic E-state index is 13.8. The molecule has 3 rings (SSSR count). The monoisotopic (exact) mass is 462 g/mol. The number of rotatable bonds is 5. The molecule has 2 N–H and O–H groups in total. The summed E-state index contributed by atoms with van der Waals surface area (Å²) in [5.41, 5.74) is -0.797. The van der Waals surface area contributed by atoms with Gasteiger partial charge in [0.2, 0.25) is 0 Å². The molecule has 1 aliphatic rings. The molecule has 0 aliphatic heterocycles. The van der Waals surface area contributed by atoms with Crippen LogP contribution in [-0.2, 0) is 6.18 Å². The first-order chi connectivity index (χ1) is 15.5. The standard InChI is InChI=1S/C25H29F3N2O3/c1-15(2)19-11-9-16(3)13-22(19)33-21-12-10-18(14-20(21)25(26,27)28)29-24(32)30-23(31)17-7-5-4-6-8-17/h4-8,10,12,14-16,19,22H,9,11,13H2,1-3H3,(H2,29,30,31,32). The van der Waals surface area contributed by atoms with Gasteiger partial charge < -0.3 is 10.1 Å². The summed E-state index contributed by atoms with van der Waals surface area (Å²) < 4.78 is 47.4. The summed E-state index contributed by atoms with van der Waals surface area (Å²) in [5.74, 6) is -0.0570. The largest absolute Gasteiger partial charge is 0.489 e. The van der Waals surface area contributed by atoms with Gasteiger partial charge in [0, 0.05) is 11.3 Å². The zero-order chi connectivity index (χ0) is 24.2. The van der Waals surface area contributed by atoms with Gasteiger partial charge in [0.05, 0.1) is 5.56 Å². The minimum Gasteiger partial charge on any atom is -0.489 e. The topological polar surface area (TPSA) is 67.4 Å². The Hall–Kier alpha value is -3.03. The van der Waals surface area contributed by atoms with E-state index in [0.29, 0.717) is 18.3 Å². The van der Waals surface area contributed by atoms with Gasteiger partial charge in [0.15, 0.2) is 0 Å². The van der Waals surface area contributed by atoms with Gasteiger partial charge in [-0.15, -0.1) is 0 Å². The fourth-order valence-electron chi connectivity index (χ4n) is 4.27. The van der Waals surface area contributed by atoms with Crippen LogP contribution in [0.3, 0.4) is 0 Å². The summed E-state index contributed by atoms with van der Waals surface area (Å²) in [4.78, 5) is 24.2. The maximum Gasteiger partial charge on any atom is 0.420 e. The molecule has 2 aromatic carbocycles. The number of nitrogens with one attached hydrogen (secondary N) is 2. The number of amides is 3. The number of halogens is 3. The van der Waals surface area contributed by atoms with Crippen molar-refractivity contribution in [3.63, 3.8) is 0 Å². The highest BCUT2D eigenvalue weighted by atomic mass is 19.4. The molecule has 0 radical (unpaired) electrons. The number of benzene rings is 2. The van der Waals surface area contributed by atoms with Crippen molar-refractivity contribution in [3.8, 4) is 5.75 Å². The van der Waals surface area contributed by atoms with E-state index in [1.807, 2.05) is 0 Å². The van der Waals surface area contributed by atoms with Crippen molar-refractivity contribution >= 4 is 17.6 Å². The molecule has 3 amide bonds. The smallest absolute Gasteiger partial charge is 0.420 e. The molecule has 0 bridgehead atoms. The van der Waals surface area contributed by atoms with E-state index in [0.717, 1.165) is 18.9 Å². The molecule has 3 atom stereocenters. The molecule has 0 spiro atoms. The highest BCUT2D eigenvalue weighted by Gasteiger charge is 2.38. The van der Waals surface area contributed by atoms with Crippen LogP contribution >= 0.6 is 0 Å². The molecule has 0 saturated heterocycles. The molecule has 0 heterocycles. The van der Waals surface area contributed by atoms with Gasteiger partial charge in [0.25, 0.3) is 5.91 Å². The molecule has 0 aromatic heterocycles. The van der Waals surface area contributed by atoms with Crippen LogP contribution in [0.15, 0.2) is 48.5 Å². The lowest BCUT2D eigenvalue weighted by Crippen LogP contribution is -2.37. The summed E-state index contributed by atoms with van der Waals surface area (Å²) in [6.45, 7) is 6.20. The summed E-state index contributed by atoms with van der Waals surface area (Å²) in [6, 6.07) is 10.5. The third kappa shape index (κ3) is 6.49. The minimum atomic E-state index is -4.67. The van der Waals surface area contributed by atoms with E-state index < -0.39 is 23.7 Å². The maximum absolute atomic E-state index is 13.8. The Morgan fingerprint density at radius 2 is 1.76 bits per heavy atom. The van der Waals surface area contributed by atoms with E-state index >= 15 is 0 Å². The normalized spacial score (nSPS) is 20.9. The van der Waals surface area contributed by atoms with Crippen molar-refractivity contribution in [2.45, 2.75) is 52.3 Å². The number of imide groups is 1. The zero-order valence-corrected chi connectivity index (χ0v) is 18.9. The Morgan fingerprint density at radius 3 is 2.39 bits per heavy atom. The number of anilines is 1. The minimum absolute atomic E-state index is 0.0922. The Balaban J connectivity index is 1.76. The van der Waals surface area contributed by atoms with E-state index in [9.17, 15) is 22.8 Å². The molecule has 1 fully saturated rings. The van der Waals surface area contributed by atoms with Crippen LogP contribution < -0.4 is 15.4 Å². The first-order valence-electron chi connectivity index (χ1n) is 11.1. The third-order valence-electron chi connectivity index (χ3n) is 6.05. The molecule has 3 unspecified atom stereocenters. The number of ether oxygens (including phenoxy) is 1. The van der Waals surface area contributed by atoms with Crippen LogP contribution in [0.1, 0.15) is 56.0 Å². The highest BCUT2D eigenvalue weighted by Crippen LogP contribution is 2.41. The molecule has 5 nitrogen and oxygen atoms in total. The lowest BCUT2D eigenvalue weighted by atomic mass is 9.75. The molecular weight excluding hydrogens is 433 g/mol. The van der Waals surface area contributed by atoms with Gasteiger partial charge >= 0.3 is 12.2 Å². The average Bonchev–Trinajstić information content (AvgIpc) is 2.74. The van der Waals surface area contributed by atoms with Gasteiger partial charge in [-0.1, -0.05) is 45.4 Å². The van der Waals surface area contributed by atoms with Gasteiger partial charge in [-0.05, 0) is 60.9 Å². The lowest BCUT2D eigenvalue weighted by Gasteiger charge is -2.37. The summed E-state index contributed by atoms with van der Waals surface area (Å²) in [7, 11) is 0. The van der Waals surface area contributed by atoms with Crippen LogP contribution in [0.25, 0.3) is 0 Å². The van der Waals surface area contributed by atoms with Crippen LogP contribution in [0.2, 0.25) is 0 Å². The van der Waals surface area contributed by atoms with Gasteiger partial charge in [-0.25, -0.2) is 4.79 Å². The van der Waals surface area contributed by atoms with Crippen LogP contribution in [0, 0.1) is 17.8 Å². The molecular formula is C25H29F3N2O3. The average molecular weight is 463 g/mol. The van der Waals surface area contributed by atoms with E-state index in [1.165, 1.54) is 24.3 Å². The fraction of sp³-hybridized carbons (Fsp3) is 0.440. The number of carbonyl (C=O) groups excluding carboxylic acids is 2. The molecule has 1 saturated carbocycles. The van der Waals surface area contributed by atoms with Gasteiger partial charge in [-0.2, -0.15) is 13.2 Å². The molecule has 2 aromatic rings. The Morgan fingerprint density at radius 1 is 1.06 bits per heavy atom. The Labute approximate surface area is 191 Å². The lowest BCUT2D eigenvalue weighted by molar-refractivity contribution is -0.139. The number of carbonyl (C=O) groups is 2. The molecule has 1 aliphatic carbocycles. The number of alkyl halides is 3.